The number of H-pyrrole nitrogens is 1. The maximum absolute atomic E-state index is 3.55. The molecule has 0 atom stereocenters. The normalized spacial score (nSPS) is 11.2. The van der Waals surface area contributed by atoms with E-state index < -0.39 is 0 Å². The molecule has 0 radical (unpaired) electrons. The standard InChI is InChI=1S/C9H12N2/c1-3-10-7-8(2)9-5-4-6-11-9/h3-7,10-11H,1H2,2H3/b8-7+. The average molecular weight is 148 g/mol. The summed E-state index contributed by atoms with van der Waals surface area (Å²) < 4.78 is 0. The van der Waals surface area contributed by atoms with Crippen LogP contribution in [0.3, 0.4) is 0 Å². The van der Waals surface area contributed by atoms with Crippen molar-refractivity contribution in [2.75, 3.05) is 0 Å². The Morgan fingerprint density at radius 2 is 2.55 bits per heavy atom. The molecular formula is C9H12N2. The fourth-order valence-corrected chi connectivity index (χ4v) is 0.837. The van der Waals surface area contributed by atoms with Gasteiger partial charge >= 0.3 is 0 Å². The summed E-state index contributed by atoms with van der Waals surface area (Å²) in [6, 6.07) is 4.00. The minimum Gasteiger partial charge on any atom is -0.368 e. The summed E-state index contributed by atoms with van der Waals surface area (Å²) in [7, 11) is 0. The van der Waals surface area contributed by atoms with Crippen molar-refractivity contribution in [2.45, 2.75) is 6.92 Å². The number of rotatable bonds is 3. The molecule has 1 aromatic rings. The molecule has 0 aliphatic rings. The van der Waals surface area contributed by atoms with Crippen LogP contribution in [0.1, 0.15) is 12.6 Å². The van der Waals surface area contributed by atoms with E-state index in [1.54, 1.807) is 6.20 Å². The lowest BCUT2D eigenvalue weighted by Crippen LogP contribution is -1.92. The van der Waals surface area contributed by atoms with E-state index in [1.165, 1.54) is 0 Å². The lowest BCUT2D eigenvalue weighted by atomic mass is 10.2. The van der Waals surface area contributed by atoms with Gasteiger partial charge in [-0.05, 0) is 30.8 Å². The number of aromatic nitrogens is 1. The Morgan fingerprint density at radius 3 is 3.09 bits per heavy atom. The SMILES string of the molecule is C=CN/C=C(\C)c1ccc[nH]1. The van der Waals surface area contributed by atoms with Crippen LogP contribution >= 0.6 is 0 Å². The number of hydrogen-bond acceptors (Lipinski definition) is 1. The molecule has 0 fully saturated rings. The molecule has 0 aliphatic carbocycles. The molecule has 0 saturated heterocycles. The molecule has 0 amide bonds. The second kappa shape index (κ2) is 3.66. The molecule has 0 saturated carbocycles. The molecule has 11 heavy (non-hydrogen) atoms. The van der Waals surface area contributed by atoms with Crippen LogP contribution in [0.15, 0.2) is 37.3 Å². The topological polar surface area (TPSA) is 27.8 Å². The predicted octanol–water partition coefficient (Wildman–Crippen LogP) is 2.11. The van der Waals surface area contributed by atoms with Crippen molar-refractivity contribution < 1.29 is 0 Å². The van der Waals surface area contributed by atoms with Gasteiger partial charge in [0.25, 0.3) is 0 Å². The van der Waals surface area contributed by atoms with Gasteiger partial charge in [0.15, 0.2) is 0 Å². The van der Waals surface area contributed by atoms with Crippen LogP contribution in [0.4, 0.5) is 0 Å². The Hall–Kier alpha value is -1.44. The fourth-order valence-electron chi connectivity index (χ4n) is 0.837. The van der Waals surface area contributed by atoms with Crippen LogP contribution < -0.4 is 5.32 Å². The van der Waals surface area contributed by atoms with Gasteiger partial charge in [0.05, 0.1) is 0 Å². The zero-order valence-corrected chi connectivity index (χ0v) is 6.59. The molecule has 1 aromatic heterocycles. The van der Waals surface area contributed by atoms with Gasteiger partial charge in [0.1, 0.15) is 0 Å². The van der Waals surface area contributed by atoms with E-state index in [0.717, 1.165) is 11.3 Å². The Labute approximate surface area is 66.6 Å². The summed E-state index contributed by atoms with van der Waals surface area (Å²) in [5, 5.41) is 2.92. The van der Waals surface area contributed by atoms with E-state index in [4.69, 9.17) is 0 Å². The van der Waals surface area contributed by atoms with Gasteiger partial charge in [-0.15, -0.1) is 0 Å². The van der Waals surface area contributed by atoms with Crippen LogP contribution in [-0.4, -0.2) is 4.98 Å². The number of hydrogen-bond donors (Lipinski definition) is 2. The molecule has 0 aromatic carbocycles. The first-order valence-corrected chi connectivity index (χ1v) is 3.52. The molecule has 2 nitrogen and oxygen atoms in total. The van der Waals surface area contributed by atoms with E-state index in [1.807, 2.05) is 31.5 Å². The van der Waals surface area contributed by atoms with Gasteiger partial charge in [-0.1, -0.05) is 6.58 Å². The summed E-state index contributed by atoms with van der Waals surface area (Å²) in [6.45, 7) is 5.58. The molecule has 1 rings (SSSR count). The lowest BCUT2D eigenvalue weighted by molar-refractivity contribution is 1.19. The maximum Gasteiger partial charge on any atom is 0.0424 e. The second-order valence-electron chi connectivity index (χ2n) is 2.28. The van der Waals surface area contributed by atoms with E-state index in [-0.39, 0.29) is 0 Å². The van der Waals surface area contributed by atoms with Gasteiger partial charge in [0.2, 0.25) is 0 Å². The summed E-state index contributed by atoms with van der Waals surface area (Å²) in [4.78, 5) is 3.10. The summed E-state index contributed by atoms with van der Waals surface area (Å²) in [5.41, 5.74) is 2.29. The van der Waals surface area contributed by atoms with Crippen LogP contribution in [-0.2, 0) is 0 Å². The monoisotopic (exact) mass is 148 g/mol. The minimum absolute atomic E-state index is 1.12. The lowest BCUT2D eigenvalue weighted by Gasteiger charge is -1.96. The molecule has 2 heteroatoms. The first-order chi connectivity index (χ1) is 5.34. The van der Waals surface area contributed by atoms with Crippen molar-refractivity contribution >= 4 is 5.57 Å². The number of nitrogens with one attached hydrogen (secondary N) is 2. The predicted molar refractivity (Wildman–Crippen MR) is 47.8 cm³/mol. The van der Waals surface area contributed by atoms with Gasteiger partial charge in [-0.3, -0.25) is 0 Å². The van der Waals surface area contributed by atoms with Crippen molar-refractivity contribution in [2.24, 2.45) is 0 Å². The second-order valence-corrected chi connectivity index (χ2v) is 2.28. The van der Waals surface area contributed by atoms with Crippen molar-refractivity contribution in [3.8, 4) is 0 Å². The van der Waals surface area contributed by atoms with Crippen molar-refractivity contribution in [1.82, 2.24) is 10.3 Å². The van der Waals surface area contributed by atoms with Gasteiger partial charge in [-0.2, -0.15) is 0 Å². The minimum atomic E-state index is 1.12. The zero-order chi connectivity index (χ0) is 8.10. The third-order valence-electron chi connectivity index (χ3n) is 1.44. The Kier molecular flexibility index (Phi) is 2.55. The first kappa shape index (κ1) is 7.66. The molecule has 0 unspecified atom stereocenters. The van der Waals surface area contributed by atoms with Crippen LogP contribution in [0, 0.1) is 0 Å². The smallest absolute Gasteiger partial charge is 0.0424 e. The highest BCUT2D eigenvalue weighted by atomic mass is 14.8. The highest BCUT2D eigenvalue weighted by molar-refractivity contribution is 5.60. The molecular weight excluding hydrogens is 136 g/mol. The molecule has 58 valence electrons. The summed E-state index contributed by atoms with van der Waals surface area (Å²) in [6.07, 6.45) is 5.45. The van der Waals surface area contributed by atoms with Gasteiger partial charge in [-0.25, -0.2) is 0 Å². The Bertz CT molecular complexity index is 245. The molecule has 1 heterocycles. The quantitative estimate of drug-likeness (QED) is 0.675. The maximum atomic E-state index is 3.55. The van der Waals surface area contributed by atoms with Gasteiger partial charge < -0.3 is 10.3 Å². The average Bonchev–Trinajstić information content (AvgIpc) is 2.52. The van der Waals surface area contributed by atoms with Crippen LogP contribution in [0.25, 0.3) is 5.57 Å². The number of aromatic amines is 1. The van der Waals surface area contributed by atoms with Crippen LogP contribution in [0.5, 0.6) is 0 Å². The third kappa shape index (κ3) is 2.00. The summed E-state index contributed by atoms with van der Waals surface area (Å²) in [5.74, 6) is 0. The summed E-state index contributed by atoms with van der Waals surface area (Å²) >= 11 is 0. The Morgan fingerprint density at radius 1 is 1.73 bits per heavy atom. The highest BCUT2D eigenvalue weighted by Crippen LogP contribution is 2.08. The van der Waals surface area contributed by atoms with Crippen LogP contribution in [0.2, 0.25) is 0 Å². The van der Waals surface area contributed by atoms with E-state index >= 15 is 0 Å². The highest BCUT2D eigenvalue weighted by Gasteiger charge is 1.91. The van der Waals surface area contributed by atoms with E-state index in [2.05, 4.69) is 16.9 Å². The number of allylic oxidation sites excluding steroid dienone is 1. The third-order valence-corrected chi connectivity index (χ3v) is 1.44. The first-order valence-electron chi connectivity index (χ1n) is 3.52. The largest absolute Gasteiger partial charge is 0.368 e. The molecule has 0 spiro atoms. The van der Waals surface area contributed by atoms with Crippen molar-refractivity contribution in [1.29, 1.82) is 0 Å². The zero-order valence-electron chi connectivity index (χ0n) is 6.59. The van der Waals surface area contributed by atoms with Crippen molar-refractivity contribution in [3.05, 3.63) is 43.0 Å². The molecule has 0 aliphatic heterocycles. The molecule has 2 N–H and O–H groups in total. The van der Waals surface area contributed by atoms with E-state index in [0.29, 0.717) is 0 Å². The Balaban J connectivity index is 2.68. The molecule has 0 bridgehead atoms. The van der Waals surface area contributed by atoms with E-state index in [9.17, 15) is 0 Å². The van der Waals surface area contributed by atoms with Gasteiger partial charge in [0, 0.05) is 18.1 Å². The fraction of sp³-hybridized carbons (Fsp3) is 0.111. The van der Waals surface area contributed by atoms with Crippen molar-refractivity contribution in [3.63, 3.8) is 0 Å².